The Hall–Kier alpha value is -3.16. The monoisotopic (exact) mass is 395 g/mol. The van der Waals surface area contributed by atoms with Gasteiger partial charge >= 0.3 is 0 Å². The van der Waals surface area contributed by atoms with Gasteiger partial charge < -0.3 is 20.3 Å². The van der Waals surface area contributed by atoms with Crippen molar-refractivity contribution in [3.63, 3.8) is 0 Å². The molecule has 0 heterocycles. The van der Waals surface area contributed by atoms with Crippen LogP contribution in [-0.4, -0.2) is 41.9 Å². The number of halogens is 3. The molecule has 0 aliphatic carbocycles. The topological polar surface area (TPSA) is 78.8 Å². The number of nitrogens with one attached hydrogen (secondary N) is 1. The number of benzene rings is 2. The largest absolute Gasteiger partial charge is 0.504 e. The average molecular weight is 395 g/mol. The molecule has 2 aromatic rings. The van der Waals surface area contributed by atoms with Crippen LogP contribution in [0.4, 0.5) is 13.2 Å². The van der Waals surface area contributed by atoms with Crippen LogP contribution < -0.4 is 10.1 Å². The van der Waals surface area contributed by atoms with Gasteiger partial charge in [-0.1, -0.05) is 18.2 Å². The van der Waals surface area contributed by atoms with E-state index >= 15 is 0 Å². The lowest BCUT2D eigenvalue weighted by molar-refractivity contribution is -0.116. The van der Waals surface area contributed by atoms with Crippen molar-refractivity contribution in [1.82, 2.24) is 5.32 Å². The third kappa shape index (κ3) is 6.53. The summed E-state index contributed by atoms with van der Waals surface area (Å²) in [4.78, 5) is 11.8. The lowest BCUT2D eigenvalue weighted by Gasteiger charge is -2.13. The molecule has 0 radical (unpaired) electrons. The van der Waals surface area contributed by atoms with Gasteiger partial charge in [-0.3, -0.25) is 4.79 Å². The summed E-state index contributed by atoms with van der Waals surface area (Å²) >= 11 is 0. The van der Waals surface area contributed by atoms with Crippen LogP contribution in [-0.2, 0) is 11.2 Å². The number of ether oxygens (including phenoxy) is 1. The zero-order valence-corrected chi connectivity index (χ0v) is 14.8. The third-order valence-electron chi connectivity index (χ3n) is 3.74. The molecule has 150 valence electrons. The summed E-state index contributed by atoms with van der Waals surface area (Å²) in [6.45, 7) is -1.12. The zero-order valence-electron chi connectivity index (χ0n) is 14.8. The Balaban J connectivity index is 1.77. The molecule has 2 aromatic carbocycles. The number of phenolic OH excluding ortho intramolecular Hbond substituents is 2. The van der Waals surface area contributed by atoms with Crippen LogP contribution in [0.1, 0.15) is 11.1 Å². The van der Waals surface area contributed by atoms with Crippen molar-refractivity contribution in [2.75, 3.05) is 13.2 Å². The Morgan fingerprint density at radius 1 is 1.11 bits per heavy atom. The highest BCUT2D eigenvalue weighted by Crippen LogP contribution is 2.25. The molecule has 1 amide bonds. The predicted molar refractivity (Wildman–Crippen MR) is 98.4 cm³/mol. The van der Waals surface area contributed by atoms with Crippen molar-refractivity contribution < 1.29 is 32.9 Å². The van der Waals surface area contributed by atoms with E-state index < -0.39 is 19.2 Å². The summed E-state index contributed by atoms with van der Waals surface area (Å²) < 4.78 is 42.7. The normalized spacial score (nSPS) is 13.2. The molecule has 2 atom stereocenters. The second kappa shape index (κ2) is 10.2. The first-order valence-corrected chi connectivity index (χ1v) is 8.46. The Morgan fingerprint density at radius 3 is 2.46 bits per heavy atom. The molecule has 0 fully saturated rings. The van der Waals surface area contributed by atoms with E-state index in [4.69, 9.17) is 0 Å². The SMILES string of the molecule is O=C(/C=C/c1ccc(O)c(O)c1)NCCc1ccc(OC(F)C(F)CF)cc1. The standard InChI is InChI=1S/C20H20F3NO4/c21-12-16(22)20(23)28-15-5-1-13(2-6-15)9-10-24-19(27)8-4-14-3-7-17(25)18(26)11-14/h1-8,11,16,20,25-26H,9-10,12H2,(H,24,27)/b8-4+. The molecule has 3 N–H and O–H groups in total. The van der Waals surface area contributed by atoms with Crippen LogP contribution in [0.5, 0.6) is 17.2 Å². The summed E-state index contributed by atoms with van der Waals surface area (Å²) in [6.07, 6.45) is -1.41. The van der Waals surface area contributed by atoms with Crippen LogP contribution in [0.15, 0.2) is 48.5 Å². The van der Waals surface area contributed by atoms with Gasteiger partial charge in [0.05, 0.1) is 0 Å². The fourth-order valence-corrected chi connectivity index (χ4v) is 2.21. The number of alkyl halides is 3. The number of hydrogen-bond acceptors (Lipinski definition) is 4. The van der Waals surface area contributed by atoms with Crippen LogP contribution in [0.25, 0.3) is 6.08 Å². The van der Waals surface area contributed by atoms with E-state index in [-0.39, 0.29) is 23.2 Å². The first-order chi connectivity index (χ1) is 13.4. The van der Waals surface area contributed by atoms with Crippen molar-refractivity contribution in [3.8, 4) is 17.2 Å². The van der Waals surface area contributed by atoms with E-state index in [0.717, 1.165) is 5.56 Å². The summed E-state index contributed by atoms with van der Waals surface area (Å²) in [6, 6.07) is 10.3. The molecular weight excluding hydrogens is 375 g/mol. The molecule has 0 aliphatic heterocycles. The Morgan fingerprint density at radius 2 is 1.82 bits per heavy atom. The molecule has 0 saturated carbocycles. The quantitative estimate of drug-likeness (QED) is 0.449. The van der Waals surface area contributed by atoms with Gasteiger partial charge in [0.2, 0.25) is 5.91 Å². The summed E-state index contributed by atoms with van der Waals surface area (Å²) in [5, 5.41) is 21.3. The van der Waals surface area contributed by atoms with Crippen molar-refractivity contribution in [2.24, 2.45) is 0 Å². The van der Waals surface area contributed by atoms with E-state index in [0.29, 0.717) is 18.5 Å². The average Bonchev–Trinajstić information content (AvgIpc) is 2.69. The van der Waals surface area contributed by atoms with Crippen LogP contribution in [0, 0.1) is 0 Å². The van der Waals surface area contributed by atoms with Crippen LogP contribution >= 0.6 is 0 Å². The van der Waals surface area contributed by atoms with Gasteiger partial charge in [-0.2, -0.15) is 4.39 Å². The molecular formula is C20H20F3NO4. The highest BCUT2D eigenvalue weighted by atomic mass is 19.2. The van der Waals surface area contributed by atoms with Gasteiger partial charge in [-0.25, -0.2) is 8.78 Å². The second-order valence-corrected chi connectivity index (χ2v) is 5.91. The van der Waals surface area contributed by atoms with E-state index in [2.05, 4.69) is 10.1 Å². The van der Waals surface area contributed by atoms with Crippen molar-refractivity contribution in [3.05, 3.63) is 59.7 Å². The first-order valence-electron chi connectivity index (χ1n) is 8.46. The lowest BCUT2D eigenvalue weighted by atomic mass is 10.1. The second-order valence-electron chi connectivity index (χ2n) is 5.91. The van der Waals surface area contributed by atoms with Crippen LogP contribution in [0.2, 0.25) is 0 Å². The highest BCUT2D eigenvalue weighted by Gasteiger charge is 2.21. The maximum absolute atomic E-state index is 13.2. The number of hydrogen-bond donors (Lipinski definition) is 3. The third-order valence-corrected chi connectivity index (χ3v) is 3.74. The number of carbonyl (C=O) groups excluding carboxylic acids is 1. The Labute approximate surface area is 160 Å². The molecule has 2 unspecified atom stereocenters. The highest BCUT2D eigenvalue weighted by molar-refractivity contribution is 5.91. The van der Waals surface area contributed by atoms with Gasteiger partial charge in [0.15, 0.2) is 17.7 Å². The molecule has 2 rings (SSSR count). The van der Waals surface area contributed by atoms with Gasteiger partial charge in [-0.05, 0) is 47.9 Å². The summed E-state index contributed by atoms with van der Waals surface area (Å²) in [5.74, 6) is -0.780. The number of phenols is 2. The molecule has 0 bridgehead atoms. The molecule has 0 aliphatic rings. The van der Waals surface area contributed by atoms with Crippen molar-refractivity contribution in [1.29, 1.82) is 0 Å². The number of amides is 1. The number of rotatable bonds is 9. The zero-order chi connectivity index (χ0) is 20.5. The van der Waals surface area contributed by atoms with E-state index in [1.54, 1.807) is 18.2 Å². The molecule has 0 saturated heterocycles. The van der Waals surface area contributed by atoms with E-state index in [9.17, 15) is 28.2 Å². The number of aromatic hydroxyl groups is 2. The maximum atomic E-state index is 13.2. The first kappa shape index (κ1) is 21.1. The molecule has 8 heteroatoms. The van der Waals surface area contributed by atoms with Crippen LogP contribution in [0.3, 0.4) is 0 Å². The minimum atomic E-state index is -2.36. The fraction of sp³-hybridized carbons (Fsp3) is 0.250. The maximum Gasteiger partial charge on any atom is 0.271 e. The van der Waals surface area contributed by atoms with Gasteiger partial charge in [0.1, 0.15) is 12.4 Å². The Kier molecular flexibility index (Phi) is 7.74. The molecule has 0 spiro atoms. The Bertz CT molecular complexity index is 812. The van der Waals surface area contributed by atoms with E-state index in [1.807, 2.05) is 0 Å². The summed E-state index contributed by atoms with van der Waals surface area (Å²) in [5.41, 5.74) is 1.38. The number of carbonyl (C=O) groups is 1. The predicted octanol–water partition coefficient (Wildman–Crippen LogP) is 3.45. The smallest absolute Gasteiger partial charge is 0.271 e. The molecule has 5 nitrogen and oxygen atoms in total. The van der Waals surface area contributed by atoms with Gasteiger partial charge in [0, 0.05) is 12.6 Å². The lowest BCUT2D eigenvalue weighted by Crippen LogP contribution is -2.25. The van der Waals surface area contributed by atoms with Crippen molar-refractivity contribution in [2.45, 2.75) is 19.0 Å². The van der Waals surface area contributed by atoms with Crippen molar-refractivity contribution >= 4 is 12.0 Å². The molecule has 0 aromatic heterocycles. The molecule has 28 heavy (non-hydrogen) atoms. The minimum absolute atomic E-state index is 0.0801. The van der Waals surface area contributed by atoms with Gasteiger partial charge in [-0.15, -0.1) is 0 Å². The minimum Gasteiger partial charge on any atom is -0.504 e. The van der Waals surface area contributed by atoms with Gasteiger partial charge in [0.25, 0.3) is 6.36 Å². The fourth-order valence-electron chi connectivity index (χ4n) is 2.21. The summed E-state index contributed by atoms with van der Waals surface area (Å²) in [7, 11) is 0. The van der Waals surface area contributed by atoms with E-state index in [1.165, 1.54) is 36.4 Å².